The molecule has 0 spiro atoms. The molecule has 1 unspecified atom stereocenters. The standard InChI is InChI=1S/C16H23N3S/c1-11-7-6-8-12(9-11)10-13(17-5)14-15(16(2,3)4)18-19-20-14/h6-9,13,17H,10H2,1-5H3. The Balaban J connectivity index is 2.27. The summed E-state index contributed by atoms with van der Waals surface area (Å²) in [5.74, 6) is 0. The van der Waals surface area contributed by atoms with Gasteiger partial charge in [0, 0.05) is 11.5 Å². The van der Waals surface area contributed by atoms with E-state index in [0.29, 0.717) is 0 Å². The number of aromatic nitrogens is 2. The van der Waals surface area contributed by atoms with E-state index in [0.717, 1.165) is 12.1 Å². The van der Waals surface area contributed by atoms with Crippen LogP contribution in [0.1, 0.15) is 48.5 Å². The predicted molar refractivity (Wildman–Crippen MR) is 85.3 cm³/mol. The highest BCUT2D eigenvalue weighted by Crippen LogP contribution is 2.31. The molecule has 20 heavy (non-hydrogen) atoms. The van der Waals surface area contributed by atoms with Crippen molar-refractivity contribution in [3.8, 4) is 0 Å². The van der Waals surface area contributed by atoms with Crippen molar-refractivity contribution in [3.05, 3.63) is 46.0 Å². The Labute approximate surface area is 125 Å². The zero-order valence-electron chi connectivity index (χ0n) is 12.9. The molecule has 4 heteroatoms. The van der Waals surface area contributed by atoms with Crippen LogP contribution in [0.3, 0.4) is 0 Å². The average Bonchev–Trinajstić information content (AvgIpc) is 2.85. The third-order valence-electron chi connectivity index (χ3n) is 3.41. The molecule has 0 aliphatic carbocycles. The van der Waals surface area contributed by atoms with E-state index in [1.54, 1.807) is 0 Å². The maximum absolute atomic E-state index is 4.34. The lowest BCUT2D eigenvalue weighted by molar-refractivity contribution is 0.530. The Hall–Kier alpha value is -1.26. The fourth-order valence-electron chi connectivity index (χ4n) is 2.35. The summed E-state index contributed by atoms with van der Waals surface area (Å²) >= 11 is 1.51. The second kappa shape index (κ2) is 6.02. The fourth-order valence-corrected chi connectivity index (χ4v) is 3.32. The lowest BCUT2D eigenvalue weighted by atomic mass is 9.89. The Bertz CT molecular complexity index is 569. The first-order valence-electron chi connectivity index (χ1n) is 6.97. The van der Waals surface area contributed by atoms with E-state index in [-0.39, 0.29) is 11.5 Å². The summed E-state index contributed by atoms with van der Waals surface area (Å²) in [6.07, 6.45) is 0.963. The van der Waals surface area contributed by atoms with Crippen LogP contribution >= 0.6 is 11.5 Å². The van der Waals surface area contributed by atoms with Crippen molar-refractivity contribution in [2.24, 2.45) is 0 Å². The number of nitrogens with one attached hydrogen (secondary N) is 1. The smallest absolute Gasteiger partial charge is 0.0857 e. The van der Waals surface area contributed by atoms with E-state index in [9.17, 15) is 0 Å². The minimum atomic E-state index is 0.0318. The summed E-state index contributed by atoms with van der Waals surface area (Å²) in [5, 5.41) is 7.76. The predicted octanol–water partition coefficient (Wildman–Crippen LogP) is 3.65. The molecule has 3 nitrogen and oxygen atoms in total. The van der Waals surface area contributed by atoms with E-state index in [4.69, 9.17) is 0 Å². The molecule has 0 fully saturated rings. The molecule has 108 valence electrons. The monoisotopic (exact) mass is 289 g/mol. The lowest BCUT2D eigenvalue weighted by Crippen LogP contribution is -2.23. The first-order valence-corrected chi connectivity index (χ1v) is 7.74. The maximum atomic E-state index is 4.34. The van der Waals surface area contributed by atoms with E-state index in [1.165, 1.54) is 27.5 Å². The van der Waals surface area contributed by atoms with Gasteiger partial charge in [-0.2, -0.15) is 0 Å². The number of likely N-dealkylation sites (N-methyl/N-ethyl adjacent to an activating group) is 1. The topological polar surface area (TPSA) is 37.8 Å². The zero-order valence-corrected chi connectivity index (χ0v) is 13.7. The Morgan fingerprint density at radius 1 is 1.30 bits per heavy atom. The first-order chi connectivity index (χ1) is 9.41. The highest BCUT2D eigenvalue weighted by molar-refractivity contribution is 7.05. The molecule has 1 heterocycles. The van der Waals surface area contributed by atoms with Gasteiger partial charge in [0.15, 0.2) is 0 Å². The molecule has 0 aliphatic rings. The van der Waals surface area contributed by atoms with Crippen molar-refractivity contribution >= 4 is 11.5 Å². The van der Waals surface area contributed by atoms with Gasteiger partial charge in [-0.15, -0.1) is 5.10 Å². The van der Waals surface area contributed by atoms with E-state index in [2.05, 4.69) is 66.9 Å². The summed E-state index contributed by atoms with van der Waals surface area (Å²) < 4.78 is 4.17. The summed E-state index contributed by atoms with van der Waals surface area (Å²) in [7, 11) is 2.01. The van der Waals surface area contributed by atoms with Crippen LogP contribution in [-0.2, 0) is 11.8 Å². The molecule has 0 aliphatic heterocycles. The number of rotatable bonds is 4. The number of benzene rings is 1. The fraction of sp³-hybridized carbons (Fsp3) is 0.500. The van der Waals surface area contributed by atoms with Crippen molar-refractivity contribution in [1.29, 1.82) is 0 Å². The SMILES string of the molecule is CNC(Cc1cccc(C)c1)c1snnc1C(C)(C)C. The molecule has 1 atom stereocenters. The van der Waals surface area contributed by atoms with Gasteiger partial charge in [-0.25, -0.2) is 0 Å². The van der Waals surface area contributed by atoms with Crippen molar-refractivity contribution in [2.45, 2.75) is 45.6 Å². The van der Waals surface area contributed by atoms with Crippen molar-refractivity contribution < 1.29 is 0 Å². The van der Waals surface area contributed by atoms with Crippen LogP contribution in [0, 0.1) is 6.92 Å². The molecule has 0 radical (unpaired) electrons. The third-order valence-corrected chi connectivity index (χ3v) is 4.25. The van der Waals surface area contributed by atoms with Crippen molar-refractivity contribution in [2.75, 3.05) is 7.05 Å². The highest BCUT2D eigenvalue weighted by Gasteiger charge is 2.26. The van der Waals surface area contributed by atoms with Crippen molar-refractivity contribution in [1.82, 2.24) is 14.9 Å². The van der Waals surface area contributed by atoms with Crippen LogP contribution < -0.4 is 5.32 Å². The molecule has 0 amide bonds. The molecule has 1 N–H and O–H groups in total. The summed E-state index contributed by atoms with van der Waals surface area (Å²) in [6.45, 7) is 8.69. The van der Waals surface area contributed by atoms with E-state index in [1.807, 2.05) is 7.05 Å². The maximum Gasteiger partial charge on any atom is 0.0857 e. The van der Waals surface area contributed by atoms with Gasteiger partial charge in [-0.05, 0) is 37.5 Å². The number of aryl methyl sites for hydroxylation is 1. The van der Waals surface area contributed by atoms with Crippen LogP contribution in [0.5, 0.6) is 0 Å². The molecule has 1 aromatic heterocycles. The number of hydrogen-bond acceptors (Lipinski definition) is 4. The van der Waals surface area contributed by atoms with E-state index >= 15 is 0 Å². The molecule has 2 rings (SSSR count). The van der Waals surface area contributed by atoms with E-state index < -0.39 is 0 Å². The van der Waals surface area contributed by atoms with Gasteiger partial charge in [0.05, 0.1) is 10.6 Å². The molecule has 0 saturated carbocycles. The normalized spacial score (nSPS) is 13.4. The second-order valence-corrected chi connectivity index (χ2v) is 7.06. The third kappa shape index (κ3) is 3.44. The van der Waals surface area contributed by atoms with Crippen LogP contribution in [0.4, 0.5) is 0 Å². The zero-order chi connectivity index (χ0) is 14.8. The van der Waals surface area contributed by atoms with Gasteiger partial charge in [0.1, 0.15) is 0 Å². The first kappa shape index (κ1) is 15.1. The van der Waals surface area contributed by atoms with Crippen LogP contribution in [0.15, 0.2) is 24.3 Å². The Morgan fingerprint density at radius 3 is 2.65 bits per heavy atom. The average molecular weight is 289 g/mol. The highest BCUT2D eigenvalue weighted by atomic mass is 32.1. The molecular formula is C16H23N3S. The Kier molecular flexibility index (Phi) is 4.55. The molecule has 0 saturated heterocycles. The summed E-state index contributed by atoms with van der Waals surface area (Å²) in [6, 6.07) is 8.95. The molecule has 0 bridgehead atoms. The number of hydrogen-bond donors (Lipinski definition) is 1. The van der Waals surface area contributed by atoms with Crippen molar-refractivity contribution in [3.63, 3.8) is 0 Å². The molecular weight excluding hydrogens is 266 g/mol. The lowest BCUT2D eigenvalue weighted by Gasteiger charge is -2.21. The second-order valence-electron chi connectivity index (χ2n) is 6.27. The van der Waals surface area contributed by atoms with Gasteiger partial charge < -0.3 is 5.32 Å². The van der Waals surface area contributed by atoms with Gasteiger partial charge >= 0.3 is 0 Å². The van der Waals surface area contributed by atoms with Gasteiger partial charge in [-0.3, -0.25) is 0 Å². The summed E-state index contributed by atoms with van der Waals surface area (Å²) in [4.78, 5) is 1.25. The van der Waals surface area contributed by atoms with Crippen LogP contribution in [0.2, 0.25) is 0 Å². The minimum absolute atomic E-state index is 0.0318. The van der Waals surface area contributed by atoms with Gasteiger partial charge in [0.2, 0.25) is 0 Å². The summed E-state index contributed by atoms with van der Waals surface area (Å²) in [5.41, 5.74) is 3.78. The number of nitrogens with zero attached hydrogens (tertiary/aromatic N) is 2. The largest absolute Gasteiger partial charge is 0.312 e. The van der Waals surface area contributed by atoms with Crippen LogP contribution in [0.25, 0.3) is 0 Å². The molecule has 1 aromatic carbocycles. The Morgan fingerprint density at radius 2 is 2.05 bits per heavy atom. The van der Waals surface area contributed by atoms with Gasteiger partial charge in [-0.1, -0.05) is 55.1 Å². The molecule has 2 aromatic rings. The minimum Gasteiger partial charge on any atom is -0.312 e. The van der Waals surface area contributed by atoms with Crippen LogP contribution in [-0.4, -0.2) is 16.6 Å². The quantitative estimate of drug-likeness (QED) is 0.933. The van der Waals surface area contributed by atoms with Gasteiger partial charge in [0.25, 0.3) is 0 Å².